The van der Waals surface area contributed by atoms with Crippen LogP contribution in [0.15, 0.2) is 42.5 Å². The number of nitrogens with one attached hydrogen (secondary N) is 3. The first-order chi connectivity index (χ1) is 12.9. The van der Waals surface area contributed by atoms with Gasteiger partial charge < -0.3 is 16.0 Å². The number of piperidine rings is 1. The average Bonchev–Trinajstić information content (AvgIpc) is 2.65. The van der Waals surface area contributed by atoms with Gasteiger partial charge in [0.25, 0.3) is 0 Å². The Bertz CT molecular complexity index is 807. The summed E-state index contributed by atoms with van der Waals surface area (Å²) in [6, 6.07) is 10.8. The molecule has 3 N–H and O–H groups in total. The summed E-state index contributed by atoms with van der Waals surface area (Å²) in [5.41, 5.74) is 0.939. The van der Waals surface area contributed by atoms with E-state index in [0.717, 1.165) is 41.6 Å². The number of anilines is 1. The number of rotatable bonds is 4. The summed E-state index contributed by atoms with van der Waals surface area (Å²) in [5, 5.41) is 8.80. The summed E-state index contributed by atoms with van der Waals surface area (Å²) >= 11 is 2.27. The van der Waals surface area contributed by atoms with Crippen molar-refractivity contribution in [1.82, 2.24) is 10.6 Å². The quantitative estimate of drug-likeness (QED) is 0.563. The predicted molar refractivity (Wildman–Crippen MR) is 111 cm³/mol. The Labute approximate surface area is 171 Å². The fraction of sp³-hybridized carbons (Fsp3) is 0.350. The van der Waals surface area contributed by atoms with Gasteiger partial charge in [-0.2, -0.15) is 0 Å². The molecule has 1 unspecified atom stereocenters. The number of hydrogen-bond acceptors (Lipinski definition) is 2. The van der Waals surface area contributed by atoms with Gasteiger partial charge in [0.15, 0.2) is 0 Å². The van der Waals surface area contributed by atoms with Gasteiger partial charge in [0, 0.05) is 21.1 Å². The van der Waals surface area contributed by atoms with Gasteiger partial charge in [-0.3, -0.25) is 0 Å². The van der Waals surface area contributed by atoms with Gasteiger partial charge in [0.2, 0.25) is 0 Å². The van der Waals surface area contributed by atoms with Gasteiger partial charge in [-0.1, -0.05) is 12.1 Å². The molecule has 0 aromatic heterocycles. The van der Waals surface area contributed by atoms with Crippen LogP contribution in [0.5, 0.6) is 0 Å². The number of carbonyl (C=O) groups excluding carboxylic acids is 1. The lowest BCUT2D eigenvalue weighted by Crippen LogP contribution is -2.54. The molecule has 2 amide bonds. The first-order valence-electron chi connectivity index (χ1n) is 8.90. The second-order valence-corrected chi connectivity index (χ2v) is 8.10. The highest BCUT2D eigenvalue weighted by atomic mass is 127. The molecule has 27 heavy (non-hydrogen) atoms. The second-order valence-electron chi connectivity index (χ2n) is 6.86. The lowest BCUT2D eigenvalue weighted by atomic mass is 9.68. The number of benzene rings is 2. The summed E-state index contributed by atoms with van der Waals surface area (Å²) in [7, 11) is 0. The number of amides is 2. The molecule has 0 saturated carbocycles. The number of carbonyl (C=O) groups is 1. The Morgan fingerprint density at radius 2 is 1.81 bits per heavy atom. The lowest BCUT2D eigenvalue weighted by molar-refractivity contribution is 0.218. The van der Waals surface area contributed by atoms with Crippen LogP contribution in [0.2, 0.25) is 0 Å². The molecule has 1 aliphatic rings. The van der Waals surface area contributed by atoms with Crippen molar-refractivity contribution in [3.05, 3.63) is 63.2 Å². The van der Waals surface area contributed by atoms with Crippen molar-refractivity contribution in [1.29, 1.82) is 0 Å². The van der Waals surface area contributed by atoms with E-state index in [1.165, 1.54) is 11.6 Å². The average molecular weight is 485 g/mol. The molecule has 0 aliphatic carbocycles. The number of urea groups is 1. The standard InChI is InChI=1S/C20H22F2IN3O/c1-13(25-19(27)26-18-7-4-15(21)12-17(18)22)20(8-10-24-11-9-20)14-2-5-16(23)6-3-14/h2-7,12-13,24H,8-11H2,1H3,(H2,25,26,27). The molecule has 2 aromatic carbocycles. The van der Waals surface area contributed by atoms with Crippen LogP contribution in [0.1, 0.15) is 25.3 Å². The maximum absolute atomic E-state index is 13.8. The normalized spacial score (nSPS) is 17.2. The topological polar surface area (TPSA) is 53.2 Å². The van der Waals surface area contributed by atoms with Gasteiger partial charge in [-0.25, -0.2) is 13.6 Å². The molecule has 144 valence electrons. The van der Waals surface area contributed by atoms with Crippen LogP contribution in [0.4, 0.5) is 19.3 Å². The minimum Gasteiger partial charge on any atom is -0.335 e. The Balaban J connectivity index is 1.77. The molecule has 0 bridgehead atoms. The highest BCUT2D eigenvalue weighted by Crippen LogP contribution is 2.37. The first-order valence-corrected chi connectivity index (χ1v) is 9.98. The second kappa shape index (κ2) is 8.52. The molecular weight excluding hydrogens is 463 g/mol. The fourth-order valence-corrected chi connectivity index (χ4v) is 4.07. The Morgan fingerprint density at radius 3 is 2.44 bits per heavy atom. The zero-order valence-corrected chi connectivity index (χ0v) is 17.1. The van der Waals surface area contributed by atoms with Crippen molar-refractivity contribution in [3.63, 3.8) is 0 Å². The van der Waals surface area contributed by atoms with Crippen LogP contribution in [0.25, 0.3) is 0 Å². The molecule has 1 aliphatic heterocycles. The van der Waals surface area contributed by atoms with Crippen molar-refractivity contribution in [2.24, 2.45) is 0 Å². The molecule has 3 rings (SSSR count). The van der Waals surface area contributed by atoms with Gasteiger partial charge in [0.1, 0.15) is 11.6 Å². The fourth-order valence-electron chi connectivity index (χ4n) is 3.71. The number of halogens is 3. The molecule has 1 atom stereocenters. The predicted octanol–water partition coefficient (Wildman–Crippen LogP) is 4.40. The van der Waals surface area contributed by atoms with E-state index in [-0.39, 0.29) is 17.1 Å². The van der Waals surface area contributed by atoms with Crippen LogP contribution >= 0.6 is 22.6 Å². The van der Waals surface area contributed by atoms with Crippen molar-refractivity contribution in [3.8, 4) is 0 Å². The summed E-state index contributed by atoms with van der Waals surface area (Å²) in [4.78, 5) is 12.4. The van der Waals surface area contributed by atoms with E-state index in [2.05, 4.69) is 62.8 Å². The molecule has 2 aromatic rings. The van der Waals surface area contributed by atoms with Gasteiger partial charge in [0.05, 0.1) is 5.69 Å². The van der Waals surface area contributed by atoms with E-state index < -0.39 is 17.7 Å². The van der Waals surface area contributed by atoms with Crippen LogP contribution in [0.3, 0.4) is 0 Å². The van der Waals surface area contributed by atoms with Crippen LogP contribution < -0.4 is 16.0 Å². The Hall–Kier alpha value is -1.74. The zero-order valence-electron chi connectivity index (χ0n) is 15.0. The van der Waals surface area contributed by atoms with Gasteiger partial charge in [-0.05, 0) is 85.3 Å². The number of hydrogen-bond donors (Lipinski definition) is 3. The van der Waals surface area contributed by atoms with Gasteiger partial charge in [-0.15, -0.1) is 0 Å². The maximum atomic E-state index is 13.8. The molecule has 1 fully saturated rings. The molecule has 0 spiro atoms. The van der Waals surface area contributed by atoms with E-state index >= 15 is 0 Å². The smallest absolute Gasteiger partial charge is 0.319 e. The first kappa shape index (κ1) is 20.0. The van der Waals surface area contributed by atoms with E-state index in [1.54, 1.807) is 0 Å². The van der Waals surface area contributed by atoms with Crippen LogP contribution in [0, 0.1) is 15.2 Å². The molecule has 1 heterocycles. The summed E-state index contributed by atoms with van der Waals surface area (Å²) in [6.07, 6.45) is 1.78. The van der Waals surface area contributed by atoms with E-state index in [0.29, 0.717) is 0 Å². The largest absolute Gasteiger partial charge is 0.335 e. The molecule has 4 nitrogen and oxygen atoms in total. The SMILES string of the molecule is CC(NC(=O)Nc1ccc(F)cc1F)C1(c2ccc(I)cc2)CCNCC1. The van der Waals surface area contributed by atoms with Crippen molar-refractivity contribution in [2.75, 3.05) is 18.4 Å². The minimum absolute atomic E-state index is 0.0466. The van der Waals surface area contributed by atoms with Crippen molar-refractivity contribution >= 4 is 34.3 Å². The minimum atomic E-state index is -0.799. The van der Waals surface area contributed by atoms with E-state index in [9.17, 15) is 13.6 Å². The lowest BCUT2D eigenvalue weighted by Gasteiger charge is -2.43. The third-order valence-corrected chi connectivity index (χ3v) is 5.99. The highest BCUT2D eigenvalue weighted by molar-refractivity contribution is 14.1. The van der Waals surface area contributed by atoms with Crippen LogP contribution in [-0.2, 0) is 5.41 Å². The summed E-state index contributed by atoms with van der Waals surface area (Å²) < 4.78 is 28.0. The highest BCUT2D eigenvalue weighted by Gasteiger charge is 2.39. The molecular formula is C20H22F2IN3O. The van der Waals surface area contributed by atoms with E-state index in [4.69, 9.17) is 0 Å². The van der Waals surface area contributed by atoms with E-state index in [1.807, 2.05) is 6.92 Å². The monoisotopic (exact) mass is 485 g/mol. The van der Waals surface area contributed by atoms with Crippen LogP contribution in [-0.4, -0.2) is 25.2 Å². The maximum Gasteiger partial charge on any atom is 0.319 e. The third kappa shape index (κ3) is 4.57. The zero-order chi connectivity index (χ0) is 19.4. The summed E-state index contributed by atoms with van der Waals surface area (Å²) in [5.74, 6) is -1.48. The van der Waals surface area contributed by atoms with Crippen molar-refractivity contribution in [2.45, 2.75) is 31.2 Å². The van der Waals surface area contributed by atoms with Gasteiger partial charge >= 0.3 is 6.03 Å². The Morgan fingerprint density at radius 1 is 1.15 bits per heavy atom. The third-order valence-electron chi connectivity index (χ3n) is 5.27. The Kier molecular flexibility index (Phi) is 6.31. The molecule has 7 heteroatoms. The van der Waals surface area contributed by atoms with Crippen molar-refractivity contribution < 1.29 is 13.6 Å². The molecule has 1 saturated heterocycles. The molecule has 0 radical (unpaired) electrons. The summed E-state index contributed by atoms with van der Waals surface area (Å²) in [6.45, 7) is 3.71.